The van der Waals surface area contributed by atoms with E-state index >= 15 is 0 Å². The van der Waals surface area contributed by atoms with E-state index in [1.807, 2.05) is 0 Å². The summed E-state index contributed by atoms with van der Waals surface area (Å²) in [5, 5.41) is 9.35. The monoisotopic (exact) mass is 195 g/mol. The molecule has 0 amide bonds. The van der Waals surface area contributed by atoms with Gasteiger partial charge in [0.1, 0.15) is 5.54 Å². The van der Waals surface area contributed by atoms with Crippen LogP contribution < -0.4 is 0 Å². The maximum atomic E-state index is 9.35. The summed E-state index contributed by atoms with van der Waals surface area (Å²) in [7, 11) is 2.13. The Kier molecular flexibility index (Phi) is 3.91. The summed E-state index contributed by atoms with van der Waals surface area (Å²) in [6.45, 7) is 8.33. The van der Waals surface area contributed by atoms with E-state index in [0.29, 0.717) is 0 Å². The molecule has 0 radical (unpaired) electrons. The van der Waals surface area contributed by atoms with Gasteiger partial charge in [-0.1, -0.05) is 13.8 Å². The zero-order valence-corrected chi connectivity index (χ0v) is 9.58. The first-order valence-corrected chi connectivity index (χ1v) is 5.53. The Balaban J connectivity index is 2.72. The zero-order valence-electron chi connectivity index (χ0n) is 9.58. The molecule has 1 aliphatic heterocycles. The molecule has 3 nitrogen and oxygen atoms in total. The van der Waals surface area contributed by atoms with Gasteiger partial charge in [0.25, 0.3) is 0 Å². The maximum Gasteiger partial charge on any atom is 0.111 e. The van der Waals surface area contributed by atoms with Crippen LogP contribution in [0.15, 0.2) is 0 Å². The number of piperidine rings is 1. The standard InChI is InChI=1S/C11H21N3/c1-4-14(5-2)11(10-12)6-8-13(3)9-7-11/h4-9H2,1-3H3. The van der Waals surface area contributed by atoms with Gasteiger partial charge in [-0.15, -0.1) is 0 Å². The molecule has 14 heavy (non-hydrogen) atoms. The van der Waals surface area contributed by atoms with Crippen LogP contribution in [-0.2, 0) is 0 Å². The van der Waals surface area contributed by atoms with E-state index in [0.717, 1.165) is 39.0 Å². The molecule has 0 atom stereocenters. The molecule has 0 N–H and O–H groups in total. The highest BCUT2D eigenvalue weighted by molar-refractivity contribution is 5.10. The molecule has 3 heteroatoms. The van der Waals surface area contributed by atoms with Gasteiger partial charge in [-0.25, -0.2) is 0 Å². The second-order valence-corrected chi connectivity index (χ2v) is 4.12. The lowest BCUT2D eigenvalue weighted by molar-refractivity contribution is 0.0786. The SMILES string of the molecule is CCN(CC)C1(C#N)CCN(C)CC1. The lowest BCUT2D eigenvalue weighted by Gasteiger charge is -2.42. The van der Waals surface area contributed by atoms with Gasteiger partial charge >= 0.3 is 0 Å². The summed E-state index contributed by atoms with van der Waals surface area (Å²) in [6.07, 6.45) is 1.98. The quantitative estimate of drug-likeness (QED) is 0.680. The fourth-order valence-electron chi connectivity index (χ4n) is 2.32. The molecule has 0 aromatic rings. The summed E-state index contributed by atoms with van der Waals surface area (Å²) < 4.78 is 0. The Hall–Kier alpha value is -0.590. The van der Waals surface area contributed by atoms with Crippen LogP contribution in [0.2, 0.25) is 0 Å². The lowest BCUT2D eigenvalue weighted by atomic mass is 9.87. The van der Waals surface area contributed by atoms with Crippen molar-refractivity contribution in [2.24, 2.45) is 0 Å². The van der Waals surface area contributed by atoms with Crippen LogP contribution in [0.5, 0.6) is 0 Å². The fourth-order valence-corrected chi connectivity index (χ4v) is 2.32. The van der Waals surface area contributed by atoms with Crippen molar-refractivity contribution in [3.63, 3.8) is 0 Å². The minimum atomic E-state index is -0.185. The highest BCUT2D eigenvalue weighted by atomic mass is 15.2. The molecule has 0 spiro atoms. The number of hydrogen-bond donors (Lipinski definition) is 0. The number of rotatable bonds is 3. The topological polar surface area (TPSA) is 30.3 Å². The van der Waals surface area contributed by atoms with Gasteiger partial charge < -0.3 is 4.90 Å². The van der Waals surface area contributed by atoms with Crippen LogP contribution in [0.3, 0.4) is 0 Å². The first kappa shape index (κ1) is 11.5. The maximum absolute atomic E-state index is 9.35. The van der Waals surface area contributed by atoms with E-state index in [1.165, 1.54) is 0 Å². The van der Waals surface area contributed by atoms with Crippen molar-refractivity contribution in [3.05, 3.63) is 0 Å². The summed E-state index contributed by atoms with van der Waals surface area (Å²) in [4.78, 5) is 4.61. The third kappa shape index (κ3) is 2.08. The van der Waals surface area contributed by atoms with Crippen molar-refractivity contribution >= 4 is 0 Å². The second-order valence-electron chi connectivity index (χ2n) is 4.12. The predicted octanol–water partition coefficient (Wildman–Crippen LogP) is 1.32. The Morgan fingerprint density at radius 1 is 1.29 bits per heavy atom. The van der Waals surface area contributed by atoms with E-state index < -0.39 is 0 Å². The number of likely N-dealkylation sites (tertiary alicyclic amines) is 1. The number of nitrogens with zero attached hydrogens (tertiary/aromatic N) is 3. The summed E-state index contributed by atoms with van der Waals surface area (Å²) >= 11 is 0. The van der Waals surface area contributed by atoms with Crippen molar-refractivity contribution in [1.82, 2.24) is 9.80 Å². The van der Waals surface area contributed by atoms with Crippen LogP contribution in [0.25, 0.3) is 0 Å². The van der Waals surface area contributed by atoms with E-state index in [9.17, 15) is 5.26 Å². The Morgan fingerprint density at radius 3 is 2.14 bits per heavy atom. The number of hydrogen-bond acceptors (Lipinski definition) is 3. The summed E-state index contributed by atoms with van der Waals surface area (Å²) in [6, 6.07) is 2.54. The largest absolute Gasteiger partial charge is 0.306 e. The van der Waals surface area contributed by atoms with Crippen LogP contribution >= 0.6 is 0 Å². The highest BCUT2D eigenvalue weighted by Crippen LogP contribution is 2.27. The van der Waals surface area contributed by atoms with E-state index in [4.69, 9.17) is 0 Å². The molecule has 1 saturated heterocycles. The third-order valence-corrected chi connectivity index (χ3v) is 3.39. The van der Waals surface area contributed by atoms with Gasteiger partial charge in [0, 0.05) is 13.1 Å². The average molecular weight is 195 g/mol. The van der Waals surface area contributed by atoms with Gasteiger partial charge in [0.15, 0.2) is 0 Å². The van der Waals surface area contributed by atoms with Crippen molar-refractivity contribution in [1.29, 1.82) is 5.26 Å². The van der Waals surface area contributed by atoms with Crippen LogP contribution in [0, 0.1) is 11.3 Å². The molecule has 80 valence electrons. The molecule has 1 rings (SSSR count). The van der Waals surface area contributed by atoms with Gasteiger partial charge in [-0.05, 0) is 33.0 Å². The van der Waals surface area contributed by atoms with Crippen LogP contribution in [-0.4, -0.2) is 48.6 Å². The first-order valence-electron chi connectivity index (χ1n) is 5.53. The predicted molar refractivity (Wildman–Crippen MR) is 58.0 cm³/mol. The van der Waals surface area contributed by atoms with Crippen molar-refractivity contribution in [2.45, 2.75) is 32.2 Å². The fraction of sp³-hybridized carbons (Fsp3) is 0.909. The minimum Gasteiger partial charge on any atom is -0.306 e. The summed E-state index contributed by atoms with van der Waals surface area (Å²) in [5.74, 6) is 0. The molecule has 1 fully saturated rings. The van der Waals surface area contributed by atoms with Crippen LogP contribution in [0.4, 0.5) is 0 Å². The molecule has 1 aliphatic rings. The minimum absolute atomic E-state index is 0.185. The summed E-state index contributed by atoms with van der Waals surface area (Å²) in [5.41, 5.74) is -0.185. The Morgan fingerprint density at radius 2 is 1.79 bits per heavy atom. The third-order valence-electron chi connectivity index (χ3n) is 3.39. The van der Waals surface area contributed by atoms with Gasteiger partial charge in [-0.3, -0.25) is 4.90 Å². The molecular formula is C11H21N3. The highest BCUT2D eigenvalue weighted by Gasteiger charge is 2.37. The smallest absolute Gasteiger partial charge is 0.111 e. The van der Waals surface area contributed by atoms with Gasteiger partial charge in [-0.2, -0.15) is 5.26 Å². The molecule has 0 saturated carbocycles. The van der Waals surface area contributed by atoms with Gasteiger partial charge in [0.2, 0.25) is 0 Å². The molecule has 0 aromatic carbocycles. The zero-order chi connectivity index (χ0) is 10.6. The van der Waals surface area contributed by atoms with Gasteiger partial charge in [0.05, 0.1) is 6.07 Å². The normalized spacial score (nSPS) is 22.2. The van der Waals surface area contributed by atoms with E-state index in [-0.39, 0.29) is 5.54 Å². The number of nitriles is 1. The molecule has 0 bridgehead atoms. The molecule has 0 aromatic heterocycles. The van der Waals surface area contributed by atoms with Crippen molar-refractivity contribution in [3.8, 4) is 6.07 Å². The Labute approximate surface area is 87.3 Å². The Bertz CT molecular complexity index is 207. The molecule has 1 heterocycles. The molecular weight excluding hydrogens is 174 g/mol. The van der Waals surface area contributed by atoms with Crippen molar-refractivity contribution in [2.75, 3.05) is 33.2 Å². The second kappa shape index (κ2) is 4.77. The van der Waals surface area contributed by atoms with Crippen molar-refractivity contribution < 1.29 is 0 Å². The van der Waals surface area contributed by atoms with Crippen LogP contribution in [0.1, 0.15) is 26.7 Å². The van der Waals surface area contributed by atoms with E-state index in [1.54, 1.807) is 0 Å². The molecule has 0 aliphatic carbocycles. The average Bonchev–Trinajstić information content (AvgIpc) is 2.23. The first-order chi connectivity index (χ1) is 6.68. The lowest BCUT2D eigenvalue weighted by Crippen LogP contribution is -2.53. The molecule has 0 unspecified atom stereocenters. The van der Waals surface area contributed by atoms with E-state index in [2.05, 4.69) is 36.8 Å².